The van der Waals surface area contributed by atoms with Gasteiger partial charge in [-0.1, -0.05) is 26.0 Å². The van der Waals surface area contributed by atoms with Gasteiger partial charge in [0.2, 0.25) is 0 Å². The van der Waals surface area contributed by atoms with Gasteiger partial charge < -0.3 is 20.4 Å². The molecule has 4 heteroatoms. The van der Waals surface area contributed by atoms with E-state index < -0.39 is 0 Å². The molecule has 134 valence electrons. The third kappa shape index (κ3) is 2.52. The van der Waals surface area contributed by atoms with Gasteiger partial charge in [-0.05, 0) is 59.1 Å². The summed E-state index contributed by atoms with van der Waals surface area (Å²) in [6.07, 6.45) is 5.21. The second-order valence-electron chi connectivity index (χ2n) is 7.72. The van der Waals surface area contributed by atoms with Crippen LogP contribution in [0, 0.1) is 29.1 Å². The number of hydrogen-bond donors (Lipinski definition) is 4. The van der Waals surface area contributed by atoms with Gasteiger partial charge >= 0.3 is 0 Å². The average molecular weight is 350 g/mol. The maximum absolute atomic E-state index is 9.96. The van der Waals surface area contributed by atoms with Gasteiger partial charge in [-0.2, -0.15) is 0 Å². The molecule has 4 rings (SSSR count). The first-order valence-electron chi connectivity index (χ1n) is 8.75. The zero-order valence-corrected chi connectivity index (χ0v) is 14.8. The highest BCUT2D eigenvalue weighted by atomic mass is 16.3. The van der Waals surface area contributed by atoms with E-state index in [4.69, 9.17) is 0 Å². The monoisotopic (exact) mass is 350 g/mol. The van der Waals surface area contributed by atoms with Crippen LogP contribution >= 0.6 is 0 Å². The smallest absolute Gasteiger partial charge is 0.119 e. The highest BCUT2D eigenvalue weighted by Gasteiger charge is 2.57. The molecule has 0 aromatic heterocycles. The van der Waals surface area contributed by atoms with E-state index in [1.54, 1.807) is 24.3 Å². The van der Waals surface area contributed by atoms with E-state index in [-0.39, 0.29) is 40.2 Å². The minimum Gasteiger partial charge on any atom is -0.508 e. The molecule has 2 atom stereocenters. The van der Waals surface area contributed by atoms with Gasteiger partial charge in [0.15, 0.2) is 0 Å². The van der Waals surface area contributed by atoms with Crippen LogP contribution in [0.4, 0.5) is 0 Å². The van der Waals surface area contributed by atoms with Gasteiger partial charge in [-0.3, -0.25) is 0 Å². The molecule has 0 aliphatic heterocycles. The van der Waals surface area contributed by atoms with Crippen LogP contribution in [-0.2, 0) is 0 Å². The standard InChI is InChI=1S/C22H22O4/c1-22(2)20(12-6-14(23)10-15(24)7-12)18-4-3-5-19(18)21(22)13-8-16(25)11-17(26)9-13/h3-4,6-11,18-19,23-26H,5H2,1-2H3. The van der Waals surface area contributed by atoms with Crippen LogP contribution in [0.15, 0.2) is 48.6 Å². The van der Waals surface area contributed by atoms with Crippen molar-refractivity contribution in [2.24, 2.45) is 17.3 Å². The third-order valence-corrected chi connectivity index (χ3v) is 5.64. The summed E-state index contributed by atoms with van der Waals surface area (Å²) < 4.78 is 0. The highest BCUT2D eigenvalue weighted by Crippen LogP contribution is 2.65. The Labute approximate surface area is 153 Å². The van der Waals surface area contributed by atoms with Crippen molar-refractivity contribution in [1.29, 1.82) is 0 Å². The summed E-state index contributed by atoms with van der Waals surface area (Å²) in [6.45, 7) is 4.23. The first-order chi connectivity index (χ1) is 12.3. The predicted octanol–water partition coefficient (Wildman–Crippen LogP) is 4.29. The van der Waals surface area contributed by atoms with Crippen molar-refractivity contribution in [2.45, 2.75) is 20.3 Å². The van der Waals surface area contributed by atoms with E-state index in [0.29, 0.717) is 0 Å². The molecule has 0 amide bonds. The van der Waals surface area contributed by atoms with Crippen molar-refractivity contribution in [1.82, 2.24) is 0 Å². The Morgan fingerprint density at radius 2 is 1.19 bits per heavy atom. The molecule has 0 bridgehead atoms. The molecule has 0 saturated heterocycles. The fourth-order valence-electron chi connectivity index (χ4n) is 4.90. The summed E-state index contributed by atoms with van der Waals surface area (Å²) in [5, 5.41) is 39.8. The van der Waals surface area contributed by atoms with E-state index >= 15 is 0 Å². The highest BCUT2D eigenvalue weighted by molar-refractivity contribution is 5.58. The molecule has 2 aromatic rings. The number of phenols is 4. The summed E-state index contributed by atoms with van der Waals surface area (Å²) in [6, 6.07) is 9.40. The maximum atomic E-state index is 9.96. The van der Waals surface area contributed by atoms with E-state index in [0.717, 1.165) is 29.4 Å². The van der Waals surface area contributed by atoms with Crippen LogP contribution in [-0.4, -0.2) is 20.4 Å². The third-order valence-electron chi connectivity index (χ3n) is 5.64. The van der Waals surface area contributed by atoms with Gasteiger partial charge in [-0.15, -0.1) is 0 Å². The number of hydrogen-bond acceptors (Lipinski definition) is 4. The van der Waals surface area contributed by atoms with Crippen LogP contribution in [0.2, 0.25) is 0 Å². The lowest BCUT2D eigenvalue weighted by atomic mass is 9.68. The van der Waals surface area contributed by atoms with Crippen molar-refractivity contribution in [3.05, 3.63) is 71.5 Å². The van der Waals surface area contributed by atoms with E-state index in [9.17, 15) is 20.4 Å². The van der Waals surface area contributed by atoms with Gasteiger partial charge in [0, 0.05) is 24.0 Å². The fourth-order valence-corrected chi connectivity index (χ4v) is 4.90. The Morgan fingerprint density at radius 1 is 0.731 bits per heavy atom. The van der Waals surface area contributed by atoms with Crippen molar-refractivity contribution < 1.29 is 20.4 Å². The zero-order valence-electron chi connectivity index (χ0n) is 14.8. The molecule has 2 aliphatic carbocycles. The molecule has 2 unspecified atom stereocenters. The molecule has 0 spiro atoms. The minimum atomic E-state index is -0.361. The summed E-state index contributed by atoms with van der Waals surface area (Å²) in [5.74, 6) is 2.80. The van der Waals surface area contributed by atoms with E-state index in [1.807, 2.05) is 0 Å². The summed E-state index contributed by atoms with van der Waals surface area (Å²) in [7, 11) is 0. The normalized spacial score (nSPS) is 24.8. The summed E-state index contributed by atoms with van der Waals surface area (Å²) >= 11 is 0. The SMILES string of the molecule is CC1(C)[C](c2cc(O)cc(O)c2)C2C=CCC2[C]1c1cc(O)cc(O)c1. The number of aromatic hydroxyl groups is 4. The van der Waals surface area contributed by atoms with Crippen LogP contribution in [0.5, 0.6) is 23.0 Å². The number of phenolic OH excluding ortho intramolecular Hbond substituents is 4. The van der Waals surface area contributed by atoms with Crippen LogP contribution in [0.1, 0.15) is 31.4 Å². The molecule has 1 fully saturated rings. The van der Waals surface area contributed by atoms with E-state index in [2.05, 4.69) is 26.0 Å². The van der Waals surface area contributed by atoms with Crippen molar-refractivity contribution >= 4 is 0 Å². The number of fused-ring (bicyclic) bond motifs is 1. The Bertz CT molecular complexity index is 843. The second-order valence-corrected chi connectivity index (χ2v) is 7.72. The summed E-state index contributed by atoms with van der Waals surface area (Å²) in [5.41, 5.74) is 1.28. The van der Waals surface area contributed by atoms with Crippen molar-refractivity contribution in [3.63, 3.8) is 0 Å². The molecule has 0 heterocycles. The van der Waals surface area contributed by atoms with Crippen LogP contribution in [0.3, 0.4) is 0 Å². The first-order valence-corrected chi connectivity index (χ1v) is 8.75. The largest absolute Gasteiger partial charge is 0.508 e. The lowest BCUT2D eigenvalue weighted by Crippen LogP contribution is -2.26. The fraction of sp³-hybridized carbons (Fsp3) is 0.273. The molecule has 1 saturated carbocycles. The molecular formula is C22H22O4. The number of allylic oxidation sites excluding steroid dienone is 2. The number of rotatable bonds is 2. The molecule has 4 N–H and O–H groups in total. The summed E-state index contributed by atoms with van der Waals surface area (Å²) in [4.78, 5) is 0. The molecule has 26 heavy (non-hydrogen) atoms. The lowest BCUT2D eigenvalue weighted by Gasteiger charge is -2.35. The predicted molar refractivity (Wildman–Crippen MR) is 98.8 cm³/mol. The molecule has 4 nitrogen and oxygen atoms in total. The van der Waals surface area contributed by atoms with Crippen molar-refractivity contribution in [3.8, 4) is 23.0 Å². The van der Waals surface area contributed by atoms with Gasteiger partial charge in [0.1, 0.15) is 23.0 Å². The average Bonchev–Trinajstić information content (AvgIpc) is 3.01. The van der Waals surface area contributed by atoms with Gasteiger partial charge in [0.25, 0.3) is 0 Å². The minimum absolute atomic E-state index is 0.0327. The Kier molecular flexibility index (Phi) is 3.69. The Hall–Kier alpha value is -2.62. The molecular weight excluding hydrogens is 328 g/mol. The van der Waals surface area contributed by atoms with Crippen LogP contribution < -0.4 is 0 Å². The van der Waals surface area contributed by atoms with Crippen LogP contribution in [0.25, 0.3) is 0 Å². The quantitative estimate of drug-likeness (QED) is 0.609. The topological polar surface area (TPSA) is 80.9 Å². The van der Waals surface area contributed by atoms with Gasteiger partial charge in [-0.25, -0.2) is 0 Å². The first kappa shape index (κ1) is 16.8. The lowest BCUT2D eigenvalue weighted by molar-refractivity contribution is 0.432. The van der Waals surface area contributed by atoms with E-state index in [1.165, 1.54) is 12.1 Å². The Morgan fingerprint density at radius 3 is 1.69 bits per heavy atom. The zero-order chi connectivity index (χ0) is 18.6. The molecule has 2 aliphatic rings. The van der Waals surface area contributed by atoms with Gasteiger partial charge in [0.05, 0.1) is 0 Å². The maximum Gasteiger partial charge on any atom is 0.119 e. The molecule has 2 radical (unpaired) electrons. The Balaban J connectivity index is 1.85. The number of benzene rings is 2. The second kappa shape index (κ2) is 5.70. The molecule has 2 aromatic carbocycles. The van der Waals surface area contributed by atoms with Crippen molar-refractivity contribution in [2.75, 3.05) is 0 Å².